The molecule has 0 saturated carbocycles. The van der Waals surface area contributed by atoms with E-state index in [4.69, 9.17) is 15.6 Å². The molecule has 1 rings (SSSR count). The Bertz CT molecular complexity index is 642. The summed E-state index contributed by atoms with van der Waals surface area (Å²) in [6.07, 6.45) is 0.145. The number of benzene rings is 1. The smallest absolute Gasteiger partial charge is 0.329 e. The predicted molar refractivity (Wildman–Crippen MR) is 85.6 cm³/mol. The molecule has 0 fully saturated rings. The number of ether oxygens (including phenoxy) is 2. The topological polar surface area (TPSA) is 145 Å². The normalized spacial score (nSPS) is 12.6. The van der Waals surface area contributed by atoms with Gasteiger partial charge in [-0.25, -0.2) is 4.79 Å². The van der Waals surface area contributed by atoms with Crippen LogP contribution in [0.3, 0.4) is 0 Å². The largest absolute Gasteiger partial charge is 0.480 e. The van der Waals surface area contributed by atoms with Gasteiger partial charge in [0.25, 0.3) is 0 Å². The third-order valence-corrected chi connectivity index (χ3v) is 3.05. The molecule has 2 atom stereocenters. The van der Waals surface area contributed by atoms with Crippen LogP contribution in [0.25, 0.3) is 0 Å². The van der Waals surface area contributed by atoms with Crippen molar-refractivity contribution in [3.8, 4) is 5.75 Å². The second-order valence-corrected chi connectivity index (χ2v) is 5.25. The Labute approximate surface area is 144 Å². The Morgan fingerprint density at radius 2 is 1.72 bits per heavy atom. The van der Waals surface area contributed by atoms with Gasteiger partial charge in [0.1, 0.15) is 12.4 Å². The molecule has 0 bridgehead atoms. The van der Waals surface area contributed by atoms with Crippen LogP contribution in [-0.2, 0) is 30.3 Å². The summed E-state index contributed by atoms with van der Waals surface area (Å²) in [5, 5.41) is 11.2. The Morgan fingerprint density at radius 3 is 2.20 bits per heavy atom. The minimum atomic E-state index is -1.38. The van der Waals surface area contributed by atoms with Crippen molar-refractivity contribution in [1.82, 2.24) is 5.32 Å². The molecule has 4 N–H and O–H groups in total. The fourth-order valence-corrected chi connectivity index (χ4v) is 1.86. The van der Waals surface area contributed by atoms with E-state index >= 15 is 0 Å². The lowest BCUT2D eigenvalue weighted by Crippen LogP contribution is -2.51. The third kappa shape index (κ3) is 7.44. The number of carbonyl (C=O) groups excluding carboxylic acids is 3. The number of hydrogen-bond donors (Lipinski definition) is 3. The van der Waals surface area contributed by atoms with Crippen LogP contribution in [0.2, 0.25) is 0 Å². The number of hydrogen-bond acceptors (Lipinski definition) is 7. The molecule has 9 nitrogen and oxygen atoms in total. The van der Waals surface area contributed by atoms with E-state index in [0.29, 0.717) is 11.3 Å². The first-order valence-corrected chi connectivity index (χ1v) is 7.38. The summed E-state index contributed by atoms with van der Waals surface area (Å²) in [5.41, 5.74) is 6.47. The van der Waals surface area contributed by atoms with Gasteiger partial charge in [-0.2, -0.15) is 0 Å². The molecule has 136 valence electrons. The van der Waals surface area contributed by atoms with Gasteiger partial charge in [-0.05, 0) is 24.1 Å². The van der Waals surface area contributed by atoms with E-state index in [0.717, 1.165) is 6.92 Å². The van der Waals surface area contributed by atoms with Crippen LogP contribution in [0.1, 0.15) is 19.4 Å². The molecule has 0 unspecified atom stereocenters. The maximum absolute atomic E-state index is 12.0. The van der Waals surface area contributed by atoms with Gasteiger partial charge in [-0.3, -0.25) is 14.4 Å². The van der Waals surface area contributed by atoms with Crippen molar-refractivity contribution >= 4 is 23.8 Å². The van der Waals surface area contributed by atoms with E-state index in [1.54, 1.807) is 24.3 Å². The zero-order valence-corrected chi connectivity index (χ0v) is 13.9. The molecule has 0 saturated heterocycles. The van der Waals surface area contributed by atoms with Crippen LogP contribution >= 0.6 is 0 Å². The molecule has 0 aromatic heterocycles. The standard InChI is InChI=1S/C16H20N2O7/c1-9(19)24-8-14(16(22)23)18-15(21)13(17)7-11-3-5-12(6-4-11)25-10(2)20/h3-6,13-14H,7-8,17H2,1-2H3,(H,18,21)(H,22,23)/t13-,14-/m0/s1. The number of carboxylic acid groups (broad SMARTS) is 1. The molecule has 0 spiro atoms. The van der Waals surface area contributed by atoms with Crippen molar-refractivity contribution in [2.24, 2.45) is 5.73 Å². The van der Waals surface area contributed by atoms with E-state index in [2.05, 4.69) is 10.1 Å². The summed E-state index contributed by atoms with van der Waals surface area (Å²) >= 11 is 0. The first-order valence-electron chi connectivity index (χ1n) is 7.38. The van der Waals surface area contributed by atoms with Gasteiger partial charge in [0.15, 0.2) is 6.04 Å². The number of esters is 2. The molecular formula is C16H20N2O7. The summed E-state index contributed by atoms with van der Waals surface area (Å²) in [6, 6.07) is 4.01. The highest BCUT2D eigenvalue weighted by atomic mass is 16.5. The van der Waals surface area contributed by atoms with Gasteiger partial charge in [-0.1, -0.05) is 12.1 Å². The lowest BCUT2D eigenvalue weighted by molar-refractivity contribution is -0.149. The Hall–Kier alpha value is -2.94. The number of nitrogens with two attached hydrogens (primary N) is 1. The molecule has 1 aromatic carbocycles. The molecule has 1 aromatic rings. The maximum Gasteiger partial charge on any atom is 0.329 e. The molecule has 0 aliphatic heterocycles. The number of aliphatic carboxylic acids is 1. The van der Waals surface area contributed by atoms with Crippen LogP contribution in [0.5, 0.6) is 5.75 Å². The van der Waals surface area contributed by atoms with E-state index in [9.17, 15) is 19.2 Å². The molecular weight excluding hydrogens is 332 g/mol. The maximum atomic E-state index is 12.0. The summed E-state index contributed by atoms with van der Waals surface area (Å²) in [7, 11) is 0. The van der Waals surface area contributed by atoms with Crippen molar-refractivity contribution < 1.29 is 33.8 Å². The fraction of sp³-hybridized carbons (Fsp3) is 0.375. The molecule has 1 amide bonds. The average Bonchev–Trinajstić information content (AvgIpc) is 2.52. The predicted octanol–water partition coefficient (Wildman–Crippen LogP) is -0.386. The Kier molecular flexibility index (Phi) is 7.54. The van der Waals surface area contributed by atoms with Crippen molar-refractivity contribution in [3.05, 3.63) is 29.8 Å². The van der Waals surface area contributed by atoms with Crippen LogP contribution in [0.4, 0.5) is 0 Å². The Balaban J connectivity index is 2.61. The molecule has 0 heterocycles. The lowest BCUT2D eigenvalue weighted by Gasteiger charge is -2.17. The van der Waals surface area contributed by atoms with E-state index in [1.807, 2.05) is 0 Å². The second-order valence-electron chi connectivity index (χ2n) is 5.25. The van der Waals surface area contributed by atoms with Crippen molar-refractivity contribution in [3.63, 3.8) is 0 Å². The number of rotatable bonds is 8. The number of amides is 1. The fourth-order valence-electron chi connectivity index (χ4n) is 1.86. The van der Waals surface area contributed by atoms with Gasteiger partial charge in [0.2, 0.25) is 5.91 Å². The summed E-state index contributed by atoms with van der Waals surface area (Å²) in [5.74, 6) is -2.77. The van der Waals surface area contributed by atoms with Crippen LogP contribution < -0.4 is 15.8 Å². The molecule has 0 aliphatic rings. The first-order chi connectivity index (χ1) is 11.7. The third-order valence-electron chi connectivity index (χ3n) is 3.05. The van der Waals surface area contributed by atoms with E-state index in [-0.39, 0.29) is 6.42 Å². The monoisotopic (exact) mass is 352 g/mol. The second kappa shape index (κ2) is 9.38. The summed E-state index contributed by atoms with van der Waals surface area (Å²) in [4.78, 5) is 44.7. The number of carbonyl (C=O) groups is 4. The van der Waals surface area contributed by atoms with E-state index < -0.39 is 42.5 Å². The number of carboxylic acids is 1. The number of nitrogens with one attached hydrogen (secondary N) is 1. The van der Waals surface area contributed by atoms with Crippen molar-refractivity contribution in [1.29, 1.82) is 0 Å². The van der Waals surface area contributed by atoms with Gasteiger partial charge < -0.3 is 25.6 Å². The SMILES string of the molecule is CC(=O)OC[C@H](NC(=O)[C@@H](N)Cc1ccc(OC(C)=O)cc1)C(=O)O. The summed E-state index contributed by atoms with van der Waals surface area (Å²) < 4.78 is 9.48. The van der Waals surface area contributed by atoms with Crippen LogP contribution in [-0.4, -0.2) is 47.6 Å². The first kappa shape index (κ1) is 20.1. The van der Waals surface area contributed by atoms with Gasteiger partial charge in [0, 0.05) is 13.8 Å². The summed E-state index contributed by atoms with van der Waals surface area (Å²) in [6.45, 7) is 1.93. The molecule has 25 heavy (non-hydrogen) atoms. The lowest BCUT2D eigenvalue weighted by atomic mass is 10.1. The van der Waals surface area contributed by atoms with Crippen molar-refractivity contribution in [2.45, 2.75) is 32.4 Å². The quantitative estimate of drug-likeness (QED) is 0.424. The highest BCUT2D eigenvalue weighted by Gasteiger charge is 2.24. The Morgan fingerprint density at radius 1 is 1.12 bits per heavy atom. The minimum absolute atomic E-state index is 0.145. The molecule has 9 heteroatoms. The highest BCUT2D eigenvalue weighted by Crippen LogP contribution is 2.13. The van der Waals surface area contributed by atoms with Crippen LogP contribution in [0, 0.1) is 0 Å². The molecule has 0 radical (unpaired) electrons. The zero-order chi connectivity index (χ0) is 19.0. The average molecular weight is 352 g/mol. The van der Waals surface area contributed by atoms with Crippen molar-refractivity contribution in [2.75, 3.05) is 6.61 Å². The molecule has 0 aliphatic carbocycles. The van der Waals surface area contributed by atoms with Gasteiger partial charge in [0.05, 0.1) is 6.04 Å². The minimum Gasteiger partial charge on any atom is -0.480 e. The van der Waals surface area contributed by atoms with Gasteiger partial charge in [-0.15, -0.1) is 0 Å². The zero-order valence-electron chi connectivity index (χ0n) is 13.9. The van der Waals surface area contributed by atoms with E-state index in [1.165, 1.54) is 6.92 Å². The highest BCUT2D eigenvalue weighted by molar-refractivity contribution is 5.87. The van der Waals surface area contributed by atoms with Gasteiger partial charge >= 0.3 is 17.9 Å². The van der Waals surface area contributed by atoms with Crippen LogP contribution in [0.15, 0.2) is 24.3 Å².